The first kappa shape index (κ1) is 12.2. The summed E-state index contributed by atoms with van der Waals surface area (Å²) in [5.41, 5.74) is 2.91. The average molecular weight is 230 g/mol. The third-order valence-corrected chi connectivity index (χ3v) is 3.91. The molecule has 2 nitrogen and oxygen atoms in total. The maximum absolute atomic E-state index is 4.32. The van der Waals surface area contributed by atoms with Crippen LogP contribution in [0.1, 0.15) is 32.8 Å². The maximum Gasteiger partial charge on any atom is 0.0656 e. The SMILES string of the molecule is Cc1cnn(CC2=CCC(C)(C(C)C)C=C2)c1. The summed E-state index contributed by atoms with van der Waals surface area (Å²) in [5.74, 6) is 0.684. The van der Waals surface area contributed by atoms with E-state index >= 15 is 0 Å². The van der Waals surface area contributed by atoms with Gasteiger partial charge in [-0.15, -0.1) is 0 Å². The lowest BCUT2D eigenvalue weighted by Crippen LogP contribution is -2.22. The number of allylic oxidation sites excluding steroid dienone is 4. The highest BCUT2D eigenvalue weighted by atomic mass is 15.3. The molecule has 0 aromatic carbocycles. The van der Waals surface area contributed by atoms with E-state index in [0.29, 0.717) is 11.3 Å². The van der Waals surface area contributed by atoms with Gasteiger partial charge in [0.15, 0.2) is 0 Å². The minimum atomic E-state index is 0.323. The van der Waals surface area contributed by atoms with E-state index in [9.17, 15) is 0 Å². The van der Waals surface area contributed by atoms with E-state index in [4.69, 9.17) is 0 Å². The number of hydrogen-bond donors (Lipinski definition) is 0. The van der Waals surface area contributed by atoms with Crippen LogP contribution in [0.5, 0.6) is 0 Å². The molecule has 0 amide bonds. The van der Waals surface area contributed by atoms with E-state index in [2.05, 4.69) is 57.2 Å². The van der Waals surface area contributed by atoms with Crippen molar-refractivity contribution in [1.29, 1.82) is 0 Å². The zero-order valence-corrected chi connectivity index (χ0v) is 11.3. The Balaban J connectivity index is 2.03. The highest BCUT2D eigenvalue weighted by molar-refractivity contribution is 5.26. The second kappa shape index (κ2) is 4.52. The number of rotatable bonds is 3. The van der Waals surface area contributed by atoms with Crippen LogP contribution in [0.3, 0.4) is 0 Å². The molecule has 0 aliphatic heterocycles. The Hall–Kier alpha value is -1.31. The number of aromatic nitrogens is 2. The summed E-state index contributed by atoms with van der Waals surface area (Å²) in [7, 11) is 0. The average Bonchev–Trinajstić information content (AvgIpc) is 2.67. The minimum Gasteiger partial charge on any atom is -0.268 e. The Morgan fingerprint density at radius 2 is 2.24 bits per heavy atom. The van der Waals surface area contributed by atoms with Crippen molar-refractivity contribution in [2.75, 3.05) is 0 Å². The zero-order valence-electron chi connectivity index (χ0n) is 11.3. The van der Waals surface area contributed by atoms with Crippen LogP contribution in [-0.2, 0) is 6.54 Å². The third-order valence-electron chi connectivity index (χ3n) is 3.91. The molecule has 0 saturated carbocycles. The summed E-state index contributed by atoms with van der Waals surface area (Å²) in [4.78, 5) is 0. The summed E-state index contributed by atoms with van der Waals surface area (Å²) in [6.45, 7) is 9.88. The van der Waals surface area contributed by atoms with Gasteiger partial charge in [0.2, 0.25) is 0 Å². The van der Waals surface area contributed by atoms with Crippen molar-refractivity contribution in [3.63, 3.8) is 0 Å². The van der Waals surface area contributed by atoms with E-state index in [1.807, 2.05) is 10.9 Å². The van der Waals surface area contributed by atoms with E-state index < -0.39 is 0 Å². The van der Waals surface area contributed by atoms with Gasteiger partial charge in [0, 0.05) is 6.20 Å². The zero-order chi connectivity index (χ0) is 12.5. The Morgan fingerprint density at radius 1 is 1.47 bits per heavy atom. The van der Waals surface area contributed by atoms with Crippen molar-refractivity contribution in [2.45, 2.75) is 40.7 Å². The fourth-order valence-electron chi connectivity index (χ4n) is 2.07. The van der Waals surface area contributed by atoms with Gasteiger partial charge in [-0.2, -0.15) is 5.10 Å². The van der Waals surface area contributed by atoms with E-state index in [1.165, 1.54) is 11.1 Å². The van der Waals surface area contributed by atoms with Gasteiger partial charge in [0.25, 0.3) is 0 Å². The lowest BCUT2D eigenvalue weighted by molar-refractivity contribution is 0.297. The molecular formula is C15H22N2. The molecule has 92 valence electrons. The van der Waals surface area contributed by atoms with Crippen LogP contribution in [0.2, 0.25) is 0 Å². The normalized spacial score (nSPS) is 24.2. The second-order valence-electron chi connectivity index (χ2n) is 5.69. The van der Waals surface area contributed by atoms with Gasteiger partial charge >= 0.3 is 0 Å². The van der Waals surface area contributed by atoms with Gasteiger partial charge in [0.1, 0.15) is 0 Å². The summed E-state index contributed by atoms with van der Waals surface area (Å²) in [5, 5.41) is 4.32. The quantitative estimate of drug-likeness (QED) is 0.773. The van der Waals surface area contributed by atoms with Crippen molar-refractivity contribution in [2.24, 2.45) is 11.3 Å². The highest BCUT2D eigenvalue weighted by Crippen LogP contribution is 2.36. The summed E-state index contributed by atoms with van der Waals surface area (Å²) < 4.78 is 2.00. The molecule has 1 heterocycles. The monoisotopic (exact) mass is 230 g/mol. The van der Waals surface area contributed by atoms with E-state index in [-0.39, 0.29) is 0 Å². The molecule has 0 saturated heterocycles. The van der Waals surface area contributed by atoms with Crippen LogP contribution in [0.4, 0.5) is 0 Å². The Morgan fingerprint density at radius 3 is 2.71 bits per heavy atom. The fourth-order valence-corrected chi connectivity index (χ4v) is 2.07. The fraction of sp³-hybridized carbons (Fsp3) is 0.533. The first-order chi connectivity index (χ1) is 7.99. The predicted molar refractivity (Wildman–Crippen MR) is 71.7 cm³/mol. The molecular weight excluding hydrogens is 208 g/mol. The van der Waals surface area contributed by atoms with Gasteiger partial charge < -0.3 is 0 Å². The number of nitrogens with zero attached hydrogens (tertiary/aromatic N) is 2. The van der Waals surface area contributed by atoms with Crippen LogP contribution in [0.25, 0.3) is 0 Å². The largest absolute Gasteiger partial charge is 0.268 e. The van der Waals surface area contributed by atoms with Crippen LogP contribution in [-0.4, -0.2) is 9.78 Å². The second-order valence-corrected chi connectivity index (χ2v) is 5.69. The summed E-state index contributed by atoms with van der Waals surface area (Å²) >= 11 is 0. The molecule has 1 unspecified atom stereocenters. The van der Waals surface area contributed by atoms with Gasteiger partial charge in [-0.25, -0.2) is 0 Å². The smallest absolute Gasteiger partial charge is 0.0656 e. The van der Waals surface area contributed by atoms with Crippen molar-refractivity contribution in [1.82, 2.24) is 9.78 Å². The molecule has 0 spiro atoms. The summed E-state index contributed by atoms with van der Waals surface area (Å²) in [6.07, 6.45) is 12.1. The molecule has 1 aliphatic carbocycles. The van der Waals surface area contributed by atoms with Crippen molar-refractivity contribution in [3.8, 4) is 0 Å². The van der Waals surface area contributed by atoms with Crippen LogP contribution in [0, 0.1) is 18.3 Å². The molecule has 0 N–H and O–H groups in total. The minimum absolute atomic E-state index is 0.323. The van der Waals surface area contributed by atoms with Crippen molar-refractivity contribution < 1.29 is 0 Å². The number of hydrogen-bond acceptors (Lipinski definition) is 1. The lowest BCUT2D eigenvalue weighted by atomic mass is 9.73. The molecule has 2 heteroatoms. The van der Waals surface area contributed by atoms with Crippen LogP contribution >= 0.6 is 0 Å². The van der Waals surface area contributed by atoms with Crippen LogP contribution in [0.15, 0.2) is 36.2 Å². The maximum atomic E-state index is 4.32. The Kier molecular flexibility index (Phi) is 3.23. The van der Waals surface area contributed by atoms with Crippen molar-refractivity contribution in [3.05, 3.63) is 41.8 Å². The first-order valence-electron chi connectivity index (χ1n) is 6.37. The molecule has 0 bridgehead atoms. The standard InChI is InChI=1S/C15H22N2/c1-12(2)15(4)7-5-14(6-8-15)11-17-10-13(3)9-16-17/h5-7,9-10,12H,8,11H2,1-4H3. The molecule has 17 heavy (non-hydrogen) atoms. The predicted octanol–water partition coefficient (Wildman–Crippen LogP) is 3.74. The first-order valence-corrected chi connectivity index (χ1v) is 6.37. The molecule has 1 atom stereocenters. The van der Waals surface area contributed by atoms with Crippen LogP contribution < -0.4 is 0 Å². The molecule has 2 rings (SSSR count). The number of aryl methyl sites for hydroxylation is 1. The lowest BCUT2D eigenvalue weighted by Gasteiger charge is -2.32. The Labute approximate surface area is 104 Å². The molecule has 1 aromatic heterocycles. The van der Waals surface area contributed by atoms with E-state index in [1.54, 1.807) is 0 Å². The molecule has 0 fully saturated rings. The molecule has 1 aromatic rings. The molecule has 1 aliphatic rings. The van der Waals surface area contributed by atoms with Gasteiger partial charge in [-0.1, -0.05) is 39.0 Å². The van der Waals surface area contributed by atoms with Gasteiger partial charge in [0.05, 0.1) is 12.7 Å². The van der Waals surface area contributed by atoms with Gasteiger partial charge in [-0.05, 0) is 35.8 Å². The molecule has 0 radical (unpaired) electrons. The Bertz CT molecular complexity index is 451. The summed E-state index contributed by atoms with van der Waals surface area (Å²) in [6, 6.07) is 0. The van der Waals surface area contributed by atoms with Gasteiger partial charge in [-0.3, -0.25) is 4.68 Å². The highest BCUT2D eigenvalue weighted by Gasteiger charge is 2.26. The van der Waals surface area contributed by atoms with Crippen molar-refractivity contribution >= 4 is 0 Å². The third kappa shape index (κ3) is 2.68. The van der Waals surface area contributed by atoms with E-state index in [0.717, 1.165) is 13.0 Å². The topological polar surface area (TPSA) is 17.8 Å².